The smallest absolute Gasteiger partial charge is 0.0381 e. The Bertz CT molecular complexity index is 686. The van der Waals surface area contributed by atoms with Crippen LogP contribution in [0.2, 0.25) is 0 Å². The fraction of sp³-hybridized carbons (Fsp3) is 0.200. The molecule has 3 rings (SSSR count). The van der Waals surface area contributed by atoms with E-state index in [2.05, 4.69) is 62.3 Å². The number of hydrogen-bond donors (Lipinski definition) is 1. The molecule has 0 spiro atoms. The number of halogens is 1. The first-order chi connectivity index (χ1) is 9.29. The van der Waals surface area contributed by atoms with Gasteiger partial charge in [-0.1, -0.05) is 18.2 Å². The molecule has 2 aromatic heterocycles. The summed E-state index contributed by atoms with van der Waals surface area (Å²) in [5.41, 5.74) is 1.41. The Hall–Kier alpha value is -0.680. The van der Waals surface area contributed by atoms with Gasteiger partial charge in [-0.15, -0.1) is 22.7 Å². The highest BCUT2D eigenvalue weighted by Crippen LogP contribution is 2.34. The van der Waals surface area contributed by atoms with Gasteiger partial charge in [0, 0.05) is 26.5 Å². The first-order valence-electron chi connectivity index (χ1n) is 6.15. The highest BCUT2D eigenvalue weighted by molar-refractivity contribution is 9.10. The average Bonchev–Trinajstić information content (AvgIpc) is 3.03. The number of likely N-dealkylation sites (N-methyl/N-ethyl adjacent to an activating group) is 1. The Labute approximate surface area is 129 Å². The van der Waals surface area contributed by atoms with Crippen LogP contribution in [0.25, 0.3) is 10.1 Å². The van der Waals surface area contributed by atoms with Gasteiger partial charge < -0.3 is 5.32 Å². The fourth-order valence-electron chi connectivity index (χ4n) is 2.29. The Kier molecular flexibility index (Phi) is 4.03. The Morgan fingerprint density at radius 3 is 2.79 bits per heavy atom. The normalized spacial score (nSPS) is 12.9. The monoisotopic (exact) mass is 351 g/mol. The molecule has 4 heteroatoms. The van der Waals surface area contributed by atoms with Crippen LogP contribution >= 0.6 is 38.6 Å². The Morgan fingerprint density at radius 2 is 2.05 bits per heavy atom. The third-order valence-corrected chi connectivity index (χ3v) is 6.25. The molecule has 0 aliphatic carbocycles. The van der Waals surface area contributed by atoms with Crippen molar-refractivity contribution in [1.82, 2.24) is 5.32 Å². The molecule has 19 heavy (non-hydrogen) atoms. The van der Waals surface area contributed by atoms with Crippen LogP contribution in [0.5, 0.6) is 0 Å². The molecule has 1 N–H and O–H groups in total. The Morgan fingerprint density at radius 1 is 1.21 bits per heavy atom. The molecule has 2 heterocycles. The van der Waals surface area contributed by atoms with Crippen molar-refractivity contribution in [2.45, 2.75) is 12.5 Å². The molecule has 3 aromatic rings. The van der Waals surface area contributed by atoms with Gasteiger partial charge in [-0.2, -0.15) is 0 Å². The van der Waals surface area contributed by atoms with Crippen molar-refractivity contribution in [3.63, 3.8) is 0 Å². The molecular weight excluding hydrogens is 338 g/mol. The number of benzene rings is 1. The molecule has 0 amide bonds. The highest BCUT2D eigenvalue weighted by Gasteiger charge is 2.16. The maximum atomic E-state index is 3.62. The van der Waals surface area contributed by atoms with E-state index in [0.717, 1.165) is 6.42 Å². The average molecular weight is 352 g/mol. The number of rotatable bonds is 4. The molecule has 0 saturated heterocycles. The minimum absolute atomic E-state index is 0.367. The molecule has 98 valence electrons. The molecule has 0 radical (unpaired) electrons. The summed E-state index contributed by atoms with van der Waals surface area (Å²) in [7, 11) is 2.04. The summed E-state index contributed by atoms with van der Waals surface area (Å²) in [6.07, 6.45) is 1.02. The van der Waals surface area contributed by atoms with Crippen LogP contribution in [-0.4, -0.2) is 7.05 Å². The maximum Gasteiger partial charge on any atom is 0.0381 e. The van der Waals surface area contributed by atoms with Crippen molar-refractivity contribution < 1.29 is 0 Å². The lowest BCUT2D eigenvalue weighted by atomic mass is 10.0. The topological polar surface area (TPSA) is 12.0 Å². The zero-order chi connectivity index (χ0) is 13.2. The van der Waals surface area contributed by atoms with Crippen molar-refractivity contribution in [2.75, 3.05) is 7.05 Å². The number of thiophene rings is 2. The van der Waals surface area contributed by atoms with E-state index in [1.54, 1.807) is 0 Å². The molecule has 0 bridgehead atoms. The van der Waals surface area contributed by atoms with Crippen LogP contribution in [0.1, 0.15) is 16.5 Å². The first kappa shape index (κ1) is 13.3. The lowest BCUT2D eigenvalue weighted by Crippen LogP contribution is -2.18. The highest BCUT2D eigenvalue weighted by atomic mass is 79.9. The van der Waals surface area contributed by atoms with Crippen LogP contribution < -0.4 is 5.32 Å². The van der Waals surface area contributed by atoms with E-state index in [9.17, 15) is 0 Å². The molecule has 0 aliphatic heterocycles. The minimum atomic E-state index is 0.367. The summed E-state index contributed by atoms with van der Waals surface area (Å²) in [5, 5.41) is 9.25. The van der Waals surface area contributed by atoms with Crippen molar-refractivity contribution in [3.05, 3.63) is 56.0 Å². The van der Waals surface area contributed by atoms with Gasteiger partial charge in [0.15, 0.2) is 0 Å². The summed E-state index contributed by atoms with van der Waals surface area (Å²) in [4.78, 5) is 1.40. The molecule has 1 unspecified atom stereocenters. The van der Waals surface area contributed by atoms with Gasteiger partial charge in [-0.05, 0) is 56.8 Å². The van der Waals surface area contributed by atoms with Gasteiger partial charge in [-0.25, -0.2) is 0 Å². The predicted molar refractivity (Wildman–Crippen MR) is 89.3 cm³/mol. The van der Waals surface area contributed by atoms with E-state index in [1.807, 2.05) is 29.7 Å². The van der Waals surface area contributed by atoms with Gasteiger partial charge in [0.1, 0.15) is 0 Å². The van der Waals surface area contributed by atoms with Crippen molar-refractivity contribution >= 4 is 48.7 Å². The Balaban J connectivity index is 1.96. The van der Waals surface area contributed by atoms with E-state index in [-0.39, 0.29) is 0 Å². The fourth-order valence-corrected chi connectivity index (χ4v) is 4.87. The molecule has 0 saturated carbocycles. The second-order valence-electron chi connectivity index (χ2n) is 4.42. The van der Waals surface area contributed by atoms with E-state index < -0.39 is 0 Å². The zero-order valence-corrected chi connectivity index (χ0v) is 13.7. The van der Waals surface area contributed by atoms with E-state index >= 15 is 0 Å². The van der Waals surface area contributed by atoms with Gasteiger partial charge >= 0.3 is 0 Å². The van der Waals surface area contributed by atoms with Crippen LogP contribution in [0.3, 0.4) is 0 Å². The van der Waals surface area contributed by atoms with Gasteiger partial charge in [-0.3, -0.25) is 0 Å². The summed E-state index contributed by atoms with van der Waals surface area (Å²) in [6.45, 7) is 0. The van der Waals surface area contributed by atoms with Crippen LogP contribution in [0.4, 0.5) is 0 Å². The number of nitrogens with one attached hydrogen (secondary N) is 1. The second kappa shape index (κ2) is 5.75. The lowest BCUT2D eigenvalue weighted by molar-refractivity contribution is 0.601. The summed E-state index contributed by atoms with van der Waals surface area (Å²) >= 11 is 7.26. The van der Waals surface area contributed by atoms with Crippen molar-refractivity contribution in [2.24, 2.45) is 0 Å². The van der Waals surface area contributed by atoms with Gasteiger partial charge in [0.05, 0.1) is 0 Å². The molecule has 1 nitrogen and oxygen atoms in total. The third kappa shape index (κ3) is 2.63. The summed E-state index contributed by atoms with van der Waals surface area (Å²) in [6, 6.07) is 11.1. The van der Waals surface area contributed by atoms with Crippen LogP contribution in [-0.2, 0) is 6.42 Å². The largest absolute Gasteiger partial charge is 0.313 e. The quantitative estimate of drug-likeness (QED) is 0.678. The number of fused-ring (bicyclic) bond motifs is 1. The summed E-state index contributed by atoms with van der Waals surface area (Å²) in [5.74, 6) is 0. The van der Waals surface area contributed by atoms with E-state index in [1.165, 1.54) is 25.0 Å². The van der Waals surface area contributed by atoms with Gasteiger partial charge in [0.25, 0.3) is 0 Å². The van der Waals surface area contributed by atoms with Crippen molar-refractivity contribution in [1.29, 1.82) is 0 Å². The molecule has 1 atom stereocenters. The number of hydrogen-bond acceptors (Lipinski definition) is 3. The minimum Gasteiger partial charge on any atom is -0.313 e. The molecule has 0 aliphatic rings. The zero-order valence-electron chi connectivity index (χ0n) is 10.5. The van der Waals surface area contributed by atoms with E-state index in [4.69, 9.17) is 0 Å². The van der Waals surface area contributed by atoms with E-state index in [0.29, 0.717) is 6.04 Å². The second-order valence-corrected chi connectivity index (χ2v) is 7.19. The lowest BCUT2D eigenvalue weighted by Gasteiger charge is -2.15. The third-order valence-electron chi connectivity index (χ3n) is 3.32. The maximum absolute atomic E-state index is 3.62. The molecular formula is C15H14BrNS2. The van der Waals surface area contributed by atoms with Gasteiger partial charge in [0.2, 0.25) is 0 Å². The molecule has 0 fully saturated rings. The van der Waals surface area contributed by atoms with Crippen LogP contribution in [0.15, 0.2) is 45.6 Å². The standard InChI is InChI=1S/C15H14BrNS2/c1-17-13(8-15-12(16)6-7-18-15)11-9-19-14-5-3-2-4-10(11)14/h2-7,9,13,17H,8H2,1H3. The molecule has 1 aromatic carbocycles. The van der Waals surface area contributed by atoms with Crippen molar-refractivity contribution in [3.8, 4) is 0 Å². The predicted octanol–water partition coefficient (Wildman–Crippen LogP) is 5.23. The first-order valence-corrected chi connectivity index (χ1v) is 8.70. The SMILES string of the molecule is CNC(Cc1sccc1Br)c1csc2ccccc12. The summed E-state index contributed by atoms with van der Waals surface area (Å²) < 4.78 is 2.58. The van der Waals surface area contributed by atoms with Crippen LogP contribution in [0, 0.1) is 0 Å².